The summed E-state index contributed by atoms with van der Waals surface area (Å²) in [6, 6.07) is 2.87. The van der Waals surface area contributed by atoms with Gasteiger partial charge < -0.3 is 16.0 Å². The molecule has 1 heterocycles. The van der Waals surface area contributed by atoms with E-state index in [1.807, 2.05) is 0 Å². The average Bonchev–Trinajstić information content (AvgIpc) is 2.52. The van der Waals surface area contributed by atoms with Crippen molar-refractivity contribution in [3.8, 4) is 0 Å². The quantitative estimate of drug-likeness (QED) is 0.898. The summed E-state index contributed by atoms with van der Waals surface area (Å²) in [6.45, 7) is 0.290. The fourth-order valence-corrected chi connectivity index (χ4v) is 1.93. The van der Waals surface area contributed by atoms with Crippen molar-refractivity contribution in [2.75, 3.05) is 5.73 Å². The van der Waals surface area contributed by atoms with E-state index >= 15 is 0 Å². The van der Waals surface area contributed by atoms with E-state index in [0.29, 0.717) is 22.1 Å². The van der Waals surface area contributed by atoms with E-state index in [2.05, 4.69) is 20.9 Å². The number of imidazole rings is 1. The van der Waals surface area contributed by atoms with Crippen molar-refractivity contribution in [1.82, 2.24) is 9.55 Å². The summed E-state index contributed by atoms with van der Waals surface area (Å²) in [6.07, 6.45) is 0.132. The Labute approximate surface area is 105 Å². The van der Waals surface area contributed by atoms with Gasteiger partial charge in [0.1, 0.15) is 5.82 Å². The highest BCUT2D eigenvalue weighted by atomic mass is 79.9. The molecule has 5 nitrogen and oxygen atoms in total. The van der Waals surface area contributed by atoms with Gasteiger partial charge in [0, 0.05) is 19.0 Å². The number of aromatic nitrogens is 2. The summed E-state index contributed by atoms with van der Waals surface area (Å²) in [5.41, 5.74) is 11.9. The first-order valence-electron chi connectivity index (χ1n) is 4.88. The number of rotatable bonds is 3. The van der Waals surface area contributed by atoms with Crippen LogP contribution in [0, 0.1) is 5.82 Å². The minimum absolute atomic E-state index is 0.132. The highest BCUT2D eigenvalue weighted by molar-refractivity contribution is 9.10. The molecule has 0 bridgehead atoms. The van der Waals surface area contributed by atoms with Crippen molar-refractivity contribution in [3.05, 3.63) is 22.4 Å². The first-order valence-corrected chi connectivity index (χ1v) is 5.67. The fourth-order valence-electron chi connectivity index (χ4n) is 1.60. The lowest BCUT2D eigenvalue weighted by molar-refractivity contribution is -0.118. The molecule has 0 atom stereocenters. The number of carbonyl (C=O) groups is 1. The highest BCUT2D eigenvalue weighted by Crippen LogP contribution is 2.25. The second kappa shape index (κ2) is 4.33. The summed E-state index contributed by atoms with van der Waals surface area (Å²) < 4.78 is 15.3. The molecule has 0 aliphatic heterocycles. The molecule has 0 saturated heterocycles. The molecule has 0 aliphatic rings. The van der Waals surface area contributed by atoms with Gasteiger partial charge in [-0.1, -0.05) is 0 Å². The summed E-state index contributed by atoms with van der Waals surface area (Å²) in [4.78, 5) is 14.8. The van der Waals surface area contributed by atoms with E-state index < -0.39 is 11.7 Å². The topological polar surface area (TPSA) is 86.9 Å². The zero-order chi connectivity index (χ0) is 12.6. The second-order valence-corrected chi connectivity index (χ2v) is 4.45. The van der Waals surface area contributed by atoms with Crippen molar-refractivity contribution in [3.63, 3.8) is 0 Å². The Morgan fingerprint density at radius 2 is 2.24 bits per heavy atom. The Kier molecular flexibility index (Phi) is 3.01. The summed E-state index contributed by atoms with van der Waals surface area (Å²) in [5.74, 6) is -0.611. The molecular weight excluding hydrogens is 291 g/mol. The highest BCUT2D eigenvalue weighted by Gasteiger charge is 2.11. The van der Waals surface area contributed by atoms with E-state index in [1.54, 1.807) is 10.6 Å². The molecule has 90 valence electrons. The molecule has 0 saturated carbocycles. The van der Waals surface area contributed by atoms with Gasteiger partial charge in [0.25, 0.3) is 0 Å². The lowest BCUT2D eigenvalue weighted by Gasteiger charge is -2.04. The van der Waals surface area contributed by atoms with Crippen LogP contribution in [-0.2, 0) is 11.3 Å². The number of benzene rings is 1. The van der Waals surface area contributed by atoms with E-state index in [-0.39, 0.29) is 12.4 Å². The number of amides is 1. The Hall–Kier alpha value is -1.63. The van der Waals surface area contributed by atoms with E-state index in [1.165, 1.54) is 6.07 Å². The normalized spacial score (nSPS) is 10.9. The van der Waals surface area contributed by atoms with Crippen LogP contribution in [0.3, 0.4) is 0 Å². The number of primary amides is 1. The van der Waals surface area contributed by atoms with Crippen molar-refractivity contribution in [2.45, 2.75) is 13.0 Å². The van der Waals surface area contributed by atoms with Gasteiger partial charge in [-0.3, -0.25) is 4.79 Å². The summed E-state index contributed by atoms with van der Waals surface area (Å²) in [7, 11) is 0. The molecule has 0 aliphatic carbocycles. The predicted octanol–water partition coefficient (Wildman–Crippen LogP) is 1.40. The van der Waals surface area contributed by atoms with Crippen molar-refractivity contribution in [1.29, 1.82) is 0 Å². The predicted molar refractivity (Wildman–Crippen MR) is 65.6 cm³/mol. The maximum Gasteiger partial charge on any atom is 0.219 e. The van der Waals surface area contributed by atoms with Gasteiger partial charge in [-0.05, 0) is 22.0 Å². The van der Waals surface area contributed by atoms with Crippen LogP contribution < -0.4 is 11.5 Å². The monoisotopic (exact) mass is 300 g/mol. The first kappa shape index (κ1) is 11.8. The maximum atomic E-state index is 13.4. The lowest BCUT2D eigenvalue weighted by atomic mass is 10.3. The van der Waals surface area contributed by atoms with Gasteiger partial charge in [-0.15, -0.1) is 0 Å². The third kappa shape index (κ3) is 2.23. The number of halogens is 2. The molecule has 0 radical (unpaired) electrons. The van der Waals surface area contributed by atoms with Gasteiger partial charge in [0.05, 0.1) is 15.5 Å². The van der Waals surface area contributed by atoms with Crippen molar-refractivity contribution < 1.29 is 9.18 Å². The molecule has 2 rings (SSSR count). The smallest absolute Gasteiger partial charge is 0.219 e. The third-order valence-electron chi connectivity index (χ3n) is 2.40. The van der Waals surface area contributed by atoms with Gasteiger partial charge in [0.15, 0.2) is 0 Å². The van der Waals surface area contributed by atoms with Gasteiger partial charge in [0.2, 0.25) is 11.9 Å². The van der Waals surface area contributed by atoms with Crippen LogP contribution in [0.5, 0.6) is 0 Å². The zero-order valence-corrected chi connectivity index (χ0v) is 10.4. The van der Waals surface area contributed by atoms with Crippen LogP contribution in [0.4, 0.5) is 10.3 Å². The molecule has 0 fully saturated rings. The molecule has 17 heavy (non-hydrogen) atoms. The molecular formula is C10H10BrFN4O. The Balaban J connectivity index is 2.50. The van der Waals surface area contributed by atoms with E-state index in [9.17, 15) is 9.18 Å². The number of anilines is 1. The van der Waals surface area contributed by atoms with Crippen LogP contribution in [0.15, 0.2) is 16.6 Å². The summed E-state index contributed by atoms with van der Waals surface area (Å²) >= 11 is 3.07. The van der Waals surface area contributed by atoms with Crippen molar-refractivity contribution in [2.24, 2.45) is 5.73 Å². The number of nitrogens with zero attached hydrogens (tertiary/aromatic N) is 2. The molecule has 0 spiro atoms. The summed E-state index contributed by atoms with van der Waals surface area (Å²) in [5, 5.41) is 0. The standard InChI is InChI=1S/C10H10BrFN4O/c11-5-3-7-8(4-6(5)12)16(10(14)15-7)2-1-9(13)17/h3-4H,1-2H2,(H2,13,17)(H2,14,15). The molecule has 1 amide bonds. The zero-order valence-electron chi connectivity index (χ0n) is 8.78. The Morgan fingerprint density at radius 1 is 1.53 bits per heavy atom. The molecule has 2 aromatic rings. The fraction of sp³-hybridized carbons (Fsp3) is 0.200. The number of nitrogen functional groups attached to an aromatic ring is 1. The Morgan fingerprint density at radius 3 is 2.88 bits per heavy atom. The number of aryl methyl sites for hydroxylation is 1. The van der Waals surface area contributed by atoms with Crippen molar-refractivity contribution >= 4 is 38.8 Å². The molecule has 7 heteroatoms. The van der Waals surface area contributed by atoms with Gasteiger partial charge in [-0.25, -0.2) is 9.37 Å². The van der Waals surface area contributed by atoms with Crippen LogP contribution in [0.2, 0.25) is 0 Å². The molecule has 4 N–H and O–H groups in total. The average molecular weight is 301 g/mol. The lowest BCUT2D eigenvalue weighted by Crippen LogP contribution is -2.14. The van der Waals surface area contributed by atoms with Crippen LogP contribution in [-0.4, -0.2) is 15.5 Å². The van der Waals surface area contributed by atoms with Crippen LogP contribution >= 0.6 is 15.9 Å². The van der Waals surface area contributed by atoms with E-state index in [4.69, 9.17) is 11.5 Å². The largest absolute Gasteiger partial charge is 0.370 e. The minimum Gasteiger partial charge on any atom is -0.370 e. The molecule has 0 unspecified atom stereocenters. The van der Waals surface area contributed by atoms with Crippen LogP contribution in [0.1, 0.15) is 6.42 Å². The SMILES string of the molecule is NC(=O)CCn1c(N)nc2cc(Br)c(F)cc21. The number of hydrogen-bond acceptors (Lipinski definition) is 3. The third-order valence-corrected chi connectivity index (χ3v) is 3.01. The van der Waals surface area contributed by atoms with Gasteiger partial charge in [-0.2, -0.15) is 0 Å². The number of nitrogens with two attached hydrogens (primary N) is 2. The Bertz CT molecular complexity index is 595. The number of hydrogen-bond donors (Lipinski definition) is 2. The molecule has 1 aromatic carbocycles. The van der Waals surface area contributed by atoms with Gasteiger partial charge >= 0.3 is 0 Å². The minimum atomic E-state index is -0.441. The second-order valence-electron chi connectivity index (χ2n) is 3.59. The first-order chi connectivity index (χ1) is 7.99. The maximum absolute atomic E-state index is 13.4. The number of carbonyl (C=O) groups excluding carboxylic acids is 1. The van der Waals surface area contributed by atoms with E-state index in [0.717, 1.165) is 0 Å². The van der Waals surface area contributed by atoms with Crippen LogP contribution in [0.25, 0.3) is 11.0 Å². The number of fused-ring (bicyclic) bond motifs is 1. The molecule has 1 aromatic heterocycles.